The molecule has 5 heteroatoms. The van der Waals surface area contributed by atoms with Crippen molar-refractivity contribution in [2.75, 3.05) is 0 Å². The number of halogens is 2. The summed E-state index contributed by atoms with van der Waals surface area (Å²) in [5.41, 5.74) is 2.03. The zero-order valence-corrected chi connectivity index (χ0v) is 13.2. The van der Waals surface area contributed by atoms with E-state index >= 15 is 0 Å². The number of benzene rings is 1. The molecule has 0 radical (unpaired) electrons. The first-order chi connectivity index (χ1) is 8.49. The largest absolute Gasteiger partial charge is 0.342 e. The SMILES string of the molecule is CC(C)c1[nH]c(-c2ccc(Cl)cc2)nc(=S)c1Br. The van der Waals surface area contributed by atoms with Gasteiger partial charge in [-0.05, 0) is 46.1 Å². The zero-order chi connectivity index (χ0) is 13.3. The maximum Gasteiger partial charge on any atom is 0.144 e. The molecule has 0 amide bonds. The first kappa shape index (κ1) is 13.7. The predicted molar refractivity (Wildman–Crippen MR) is 81.7 cm³/mol. The maximum atomic E-state index is 5.88. The first-order valence-corrected chi connectivity index (χ1v) is 7.12. The fraction of sp³-hybridized carbons (Fsp3) is 0.231. The maximum absolute atomic E-state index is 5.88. The van der Waals surface area contributed by atoms with Crippen LogP contribution in [0.15, 0.2) is 28.7 Å². The van der Waals surface area contributed by atoms with Crippen LogP contribution in [0.4, 0.5) is 0 Å². The molecule has 0 aliphatic rings. The van der Waals surface area contributed by atoms with E-state index in [1.165, 1.54) is 0 Å². The molecular weight excluding hydrogens is 332 g/mol. The minimum atomic E-state index is 0.343. The Balaban J connectivity index is 2.59. The van der Waals surface area contributed by atoms with E-state index in [2.05, 4.69) is 39.7 Å². The van der Waals surface area contributed by atoms with Crippen LogP contribution in [0, 0.1) is 4.64 Å². The van der Waals surface area contributed by atoms with Crippen molar-refractivity contribution in [3.05, 3.63) is 44.1 Å². The van der Waals surface area contributed by atoms with Crippen molar-refractivity contribution >= 4 is 39.7 Å². The van der Waals surface area contributed by atoms with Crippen LogP contribution in [0.25, 0.3) is 11.4 Å². The Bertz CT molecular complexity index is 620. The van der Waals surface area contributed by atoms with Crippen LogP contribution < -0.4 is 0 Å². The van der Waals surface area contributed by atoms with Gasteiger partial charge in [0.1, 0.15) is 10.5 Å². The molecule has 1 aromatic carbocycles. The van der Waals surface area contributed by atoms with E-state index in [0.717, 1.165) is 21.6 Å². The van der Waals surface area contributed by atoms with Crippen molar-refractivity contribution in [1.29, 1.82) is 0 Å². The number of rotatable bonds is 2. The van der Waals surface area contributed by atoms with Gasteiger partial charge in [0.2, 0.25) is 0 Å². The Morgan fingerprint density at radius 2 is 1.89 bits per heavy atom. The van der Waals surface area contributed by atoms with Crippen LogP contribution in [0.1, 0.15) is 25.5 Å². The molecule has 1 heterocycles. The van der Waals surface area contributed by atoms with Gasteiger partial charge in [0.15, 0.2) is 0 Å². The summed E-state index contributed by atoms with van der Waals surface area (Å²) < 4.78 is 1.44. The van der Waals surface area contributed by atoms with Gasteiger partial charge in [0.25, 0.3) is 0 Å². The highest BCUT2D eigenvalue weighted by Crippen LogP contribution is 2.26. The Kier molecular flexibility index (Phi) is 4.20. The van der Waals surface area contributed by atoms with Gasteiger partial charge in [0, 0.05) is 16.3 Å². The molecule has 2 rings (SSSR count). The van der Waals surface area contributed by atoms with Crippen molar-refractivity contribution in [3.63, 3.8) is 0 Å². The molecule has 2 aromatic rings. The van der Waals surface area contributed by atoms with Gasteiger partial charge in [-0.1, -0.05) is 37.7 Å². The van der Waals surface area contributed by atoms with Crippen LogP contribution in [-0.2, 0) is 0 Å². The standard InChI is InChI=1S/C13H12BrClN2S/c1-7(2)11-10(14)13(18)17-12(16-11)8-3-5-9(15)6-4-8/h3-7H,1-2H3,(H,16,17,18). The Morgan fingerprint density at radius 3 is 2.44 bits per heavy atom. The Labute approximate surface area is 125 Å². The molecule has 1 N–H and O–H groups in total. The average molecular weight is 344 g/mol. The Hall–Kier alpha value is -0.710. The summed E-state index contributed by atoms with van der Waals surface area (Å²) in [6, 6.07) is 7.53. The number of nitrogens with zero attached hydrogens (tertiary/aromatic N) is 1. The molecule has 0 bridgehead atoms. The van der Waals surface area contributed by atoms with Crippen molar-refractivity contribution in [2.24, 2.45) is 0 Å². The lowest BCUT2D eigenvalue weighted by Crippen LogP contribution is -2.00. The average Bonchev–Trinajstić information content (AvgIpc) is 2.33. The first-order valence-electron chi connectivity index (χ1n) is 5.54. The summed E-state index contributed by atoms with van der Waals surface area (Å²) in [5.74, 6) is 1.11. The number of hydrogen-bond donors (Lipinski definition) is 1. The summed E-state index contributed by atoms with van der Waals surface area (Å²) >= 11 is 14.6. The van der Waals surface area contributed by atoms with Gasteiger partial charge in [0.05, 0.1) is 4.47 Å². The van der Waals surface area contributed by atoms with E-state index in [-0.39, 0.29) is 0 Å². The molecule has 2 nitrogen and oxygen atoms in total. The molecule has 0 atom stereocenters. The van der Waals surface area contributed by atoms with Crippen LogP contribution in [-0.4, -0.2) is 9.97 Å². The second kappa shape index (κ2) is 5.51. The number of nitrogens with one attached hydrogen (secondary N) is 1. The summed E-state index contributed by atoms with van der Waals surface area (Å²) in [7, 11) is 0. The van der Waals surface area contributed by atoms with E-state index in [9.17, 15) is 0 Å². The normalized spacial score (nSPS) is 10.9. The molecule has 94 valence electrons. The lowest BCUT2D eigenvalue weighted by atomic mass is 10.1. The topological polar surface area (TPSA) is 28.7 Å². The van der Waals surface area contributed by atoms with Gasteiger partial charge >= 0.3 is 0 Å². The van der Waals surface area contributed by atoms with E-state index in [1.807, 2.05) is 24.3 Å². The van der Waals surface area contributed by atoms with Gasteiger partial charge < -0.3 is 4.98 Å². The molecule has 0 saturated carbocycles. The summed E-state index contributed by atoms with van der Waals surface area (Å²) in [4.78, 5) is 7.71. The second-order valence-electron chi connectivity index (χ2n) is 4.28. The molecule has 1 aromatic heterocycles. The van der Waals surface area contributed by atoms with Gasteiger partial charge in [-0.3, -0.25) is 0 Å². The van der Waals surface area contributed by atoms with E-state index in [1.54, 1.807) is 0 Å². The van der Waals surface area contributed by atoms with E-state index < -0.39 is 0 Å². The van der Waals surface area contributed by atoms with Gasteiger partial charge in [-0.15, -0.1) is 0 Å². The fourth-order valence-electron chi connectivity index (χ4n) is 1.62. The number of aromatic nitrogens is 2. The third-order valence-electron chi connectivity index (χ3n) is 2.59. The molecule has 0 saturated heterocycles. The predicted octanol–water partition coefficient (Wildman–Crippen LogP) is 5.35. The molecule has 0 aliphatic heterocycles. The molecule has 0 aliphatic carbocycles. The molecule has 0 spiro atoms. The minimum Gasteiger partial charge on any atom is -0.342 e. The number of aromatic amines is 1. The molecule has 0 unspecified atom stereocenters. The lowest BCUT2D eigenvalue weighted by molar-refractivity contribution is 0.807. The van der Waals surface area contributed by atoms with E-state index in [4.69, 9.17) is 23.8 Å². The monoisotopic (exact) mass is 342 g/mol. The van der Waals surface area contributed by atoms with Crippen molar-refractivity contribution in [1.82, 2.24) is 9.97 Å². The molecule has 0 fully saturated rings. The fourth-order valence-corrected chi connectivity index (χ4v) is 2.59. The highest BCUT2D eigenvalue weighted by molar-refractivity contribution is 9.10. The van der Waals surface area contributed by atoms with Gasteiger partial charge in [-0.25, -0.2) is 4.98 Å². The third kappa shape index (κ3) is 2.82. The van der Waals surface area contributed by atoms with Crippen LogP contribution in [0.5, 0.6) is 0 Å². The summed E-state index contributed by atoms with van der Waals surface area (Å²) in [5, 5.41) is 0.707. The van der Waals surface area contributed by atoms with Crippen LogP contribution >= 0.6 is 39.7 Å². The molecule has 18 heavy (non-hydrogen) atoms. The number of H-pyrrole nitrogens is 1. The summed E-state index contributed by atoms with van der Waals surface area (Å²) in [6.07, 6.45) is 0. The van der Waals surface area contributed by atoms with Crippen LogP contribution in [0.3, 0.4) is 0 Å². The highest BCUT2D eigenvalue weighted by atomic mass is 79.9. The number of hydrogen-bond acceptors (Lipinski definition) is 2. The van der Waals surface area contributed by atoms with Crippen molar-refractivity contribution in [2.45, 2.75) is 19.8 Å². The van der Waals surface area contributed by atoms with Gasteiger partial charge in [-0.2, -0.15) is 0 Å². The lowest BCUT2D eigenvalue weighted by Gasteiger charge is -2.11. The van der Waals surface area contributed by atoms with Crippen LogP contribution in [0.2, 0.25) is 5.02 Å². The second-order valence-corrected chi connectivity index (χ2v) is 5.90. The van der Waals surface area contributed by atoms with Crippen molar-refractivity contribution in [3.8, 4) is 11.4 Å². The zero-order valence-electron chi connectivity index (χ0n) is 10.00. The molecular formula is C13H12BrClN2S. The van der Waals surface area contributed by atoms with E-state index in [0.29, 0.717) is 15.6 Å². The quantitative estimate of drug-likeness (QED) is 0.745. The summed E-state index contributed by atoms with van der Waals surface area (Å²) in [6.45, 7) is 4.22. The minimum absolute atomic E-state index is 0.343. The highest BCUT2D eigenvalue weighted by Gasteiger charge is 2.10. The smallest absolute Gasteiger partial charge is 0.144 e. The van der Waals surface area contributed by atoms with Crippen molar-refractivity contribution < 1.29 is 0 Å². The third-order valence-corrected chi connectivity index (χ3v) is 4.20. The Morgan fingerprint density at radius 1 is 1.28 bits per heavy atom.